The Bertz CT molecular complexity index is 260. The minimum Gasteiger partial charge on any atom is -0.506 e. The fourth-order valence-electron chi connectivity index (χ4n) is 1.02. The molecule has 0 spiro atoms. The molecule has 1 unspecified atom stereocenters. The summed E-state index contributed by atoms with van der Waals surface area (Å²) in [6.07, 6.45) is 0.892. The number of aromatic hydroxyl groups is 1. The molecule has 1 aromatic heterocycles. The number of rotatable bonds is 1. The molecule has 3 heteroatoms. The van der Waals surface area contributed by atoms with Gasteiger partial charge < -0.3 is 15.2 Å². The normalized spacial score (nSPS) is 14.7. The van der Waals surface area contributed by atoms with Gasteiger partial charge in [-0.25, -0.2) is 0 Å². The van der Waals surface area contributed by atoms with Gasteiger partial charge in [0.05, 0.1) is 6.10 Å². The minimum absolute atomic E-state index is 0.160. The molecular weight excluding hydrogens is 154 g/mol. The van der Waals surface area contributed by atoms with Crippen LogP contribution >= 0.6 is 0 Å². The van der Waals surface area contributed by atoms with Crippen LogP contribution in [0.2, 0.25) is 0 Å². The van der Waals surface area contributed by atoms with Crippen molar-refractivity contribution in [2.75, 3.05) is 0 Å². The molecular formula is C9H15NO2. The molecule has 0 saturated carbocycles. The maximum atomic E-state index is 9.73. The fourth-order valence-corrected chi connectivity index (χ4v) is 1.02. The van der Waals surface area contributed by atoms with E-state index in [1.165, 1.54) is 12.3 Å². The van der Waals surface area contributed by atoms with Gasteiger partial charge in [-0.3, -0.25) is 0 Å². The maximum Gasteiger partial charge on any atom is 0.133 e. The molecule has 1 aromatic rings. The summed E-state index contributed by atoms with van der Waals surface area (Å²) in [7, 11) is 0. The highest BCUT2D eigenvalue weighted by molar-refractivity contribution is 5.23. The van der Waals surface area contributed by atoms with E-state index >= 15 is 0 Å². The SMILES string of the molecule is CC(C)(C)C(O)c1cc(O)c[nH]1. The third-order valence-electron chi connectivity index (χ3n) is 1.81. The largest absolute Gasteiger partial charge is 0.506 e. The van der Waals surface area contributed by atoms with E-state index < -0.39 is 6.10 Å². The second kappa shape index (κ2) is 2.83. The number of nitrogens with one attached hydrogen (secondary N) is 1. The average molecular weight is 169 g/mol. The number of hydrogen-bond donors (Lipinski definition) is 3. The van der Waals surface area contributed by atoms with Crippen LogP contribution in [0.3, 0.4) is 0 Å². The molecule has 1 heterocycles. The van der Waals surface area contributed by atoms with Gasteiger partial charge >= 0.3 is 0 Å². The van der Waals surface area contributed by atoms with Crippen molar-refractivity contribution in [3.8, 4) is 5.75 Å². The van der Waals surface area contributed by atoms with Gasteiger partial charge in [0.25, 0.3) is 0 Å². The molecule has 0 amide bonds. The quantitative estimate of drug-likeness (QED) is 0.600. The Morgan fingerprint density at radius 1 is 1.42 bits per heavy atom. The van der Waals surface area contributed by atoms with Crippen molar-refractivity contribution < 1.29 is 10.2 Å². The lowest BCUT2D eigenvalue weighted by molar-refractivity contribution is 0.0593. The molecule has 0 bridgehead atoms. The van der Waals surface area contributed by atoms with Crippen molar-refractivity contribution in [3.05, 3.63) is 18.0 Å². The van der Waals surface area contributed by atoms with Gasteiger partial charge in [0, 0.05) is 18.0 Å². The summed E-state index contributed by atoms with van der Waals surface area (Å²) >= 11 is 0. The summed E-state index contributed by atoms with van der Waals surface area (Å²) in [5.74, 6) is 0.160. The molecule has 0 aliphatic carbocycles. The molecule has 3 N–H and O–H groups in total. The van der Waals surface area contributed by atoms with Crippen molar-refractivity contribution >= 4 is 0 Å². The van der Waals surface area contributed by atoms with Crippen molar-refractivity contribution in [2.24, 2.45) is 5.41 Å². The van der Waals surface area contributed by atoms with Crippen LogP contribution < -0.4 is 0 Å². The molecule has 12 heavy (non-hydrogen) atoms. The van der Waals surface area contributed by atoms with Gasteiger partial charge in [0.15, 0.2) is 0 Å². The second-order valence-electron chi connectivity index (χ2n) is 4.08. The molecule has 1 atom stereocenters. The van der Waals surface area contributed by atoms with Crippen LogP contribution in [0.25, 0.3) is 0 Å². The van der Waals surface area contributed by atoms with E-state index in [9.17, 15) is 5.11 Å². The molecule has 0 aliphatic heterocycles. The van der Waals surface area contributed by atoms with Crippen LogP contribution in [0, 0.1) is 5.41 Å². The third-order valence-corrected chi connectivity index (χ3v) is 1.81. The second-order valence-corrected chi connectivity index (χ2v) is 4.08. The van der Waals surface area contributed by atoms with Crippen LogP contribution in [0.1, 0.15) is 32.6 Å². The third kappa shape index (κ3) is 1.80. The van der Waals surface area contributed by atoms with E-state index in [0.717, 1.165) is 0 Å². The van der Waals surface area contributed by atoms with Crippen LogP contribution in [0.4, 0.5) is 0 Å². The minimum atomic E-state index is -0.571. The van der Waals surface area contributed by atoms with Crippen molar-refractivity contribution in [2.45, 2.75) is 26.9 Å². The summed E-state index contributed by atoms with van der Waals surface area (Å²) < 4.78 is 0. The first-order chi connectivity index (χ1) is 5.41. The van der Waals surface area contributed by atoms with E-state index in [4.69, 9.17) is 5.11 Å². The predicted octanol–water partition coefficient (Wildman–Crippen LogP) is 1.80. The van der Waals surface area contributed by atoms with E-state index in [1.807, 2.05) is 20.8 Å². The summed E-state index contributed by atoms with van der Waals surface area (Å²) in [6, 6.07) is 1.54. The molecule has 0 saturated heterocycles. The Hall–Kier alpha value is -0.960. The van der Waals surface area contributed by atoms with Crippen LogP contribution in [-0.2, 0) is 0 Å². The maximum absolute atomic E-state index is 9.73. The van der Waals surface area contributed by atoms with Gasteiger partial charge in [-0.2, -0.15) is 0 Å². The van der Waals surface area contributed by atoms with Gasteiger partial charge in [-0.1, -0.05) is 20.8 Å². The van der Waals surface area contributed by atoms with Gasteiger partial charge in [-0.05, 0) is 5.41 Å². The smallest absolute Gasteiger partial charge is 0.133 e. The summed E-state index contributed by atoms with van der Waals surface area (Å²) in [4.78, 5) is 2.81. The predicted molar refractivity (Wildman–Crippen MR) is 46.9 cm³/mol. The van der Waals surface area contributed by atoms with Crippen molar-refractivity contribution in [1.29, 1.82) is 0 Å². The van der Waals surface area contributed by atoms with Gasteiger partial charge in [0.2, 0.25) is 0 Å². The Morgan fingerprint density at radius 2 is 2.00 bits per heavy atom. The first-order valence-electron chi connectivity index (χ1n) is 3.96. The topological polar surface area (TPSA) is 56.2 Å². The van der Waals surface area contributed by atoms with Crippen molar-refractivity contribution in [3.63, 3.8) is 0 Å². The van der Waals surface area contributed by atoms with Crippen LogP contribution in [-0.4, -0.2) is 15.2 Å². The standard InChI is InChI=1S/C9H15NO2/c1-9(2,3)8(12)7-4-6(11)5-10-7/h4-5,8,10-12H,1-3H3. The Balaban J connectivity index is 2.85. The Kier molecular flexibility index (Phi) is 2.15. The highest BCUT2D eigenvalue weighted by atomic mass is 16.3. The molecule has 0 aromatic carbocycles. The molecule has 1 rings (SSSR count). The number of aliphatic hydroxyl groups is 1. The zero-order valence-corrected chi connectivity index (χ0v) is 7.63. The lowest BCUT2D eigenvalue weighted by atomic mass is 9.87. The van der Waals surface area contributed by atoms with E-state index in [-0.39, 0.29) is 11.2 Å². The molecule has 68 valence electrons. The Morgan fingerprint density at radius 3 is 2.33 bits per heavy atom. The molecule has 0 radical (unpaired) electrons. The first-order valence-corrected chi connectivity index (χ1v) is 3.96. The monoisotopic (exact) mass is 169 g/mol. The number of aromatic nitrogens is 1. The molecule has 0 fully saturated rings. The zero-order valence-electron chi connectivity index (χ0n) is 7.63. The highest BCUT2D eigenvalue weighted by Gasteiger charge is 2.24. The number of aliphatic hydroxyl groups excluding tert-OH is 1. The lowest BCUT2D eigenvalue weighted by Gasteiger charge is -2.24. The fraction of sp³-hybridized carbons (Fsp3) is 0.556. The average Bonchev–Trinajstić information content (AvgIpc) is 2.32. The number of hydrogen-bond acceptors (Lipinski definition) is 2. The summed E-state index contributed by atoms with van der Waals surface area (Å²) in [5.41, 5.74) is 0.442. The highest BCUT2D eigenvalue weighted by Crippen LogP contribution is 2.32. The van der Waals surface area contributed by atoms with Crippen molar-refractivity contribution in [1.82, 2.24) is 4.98 Å². The van der Waals surface area contributed by atoms with E-state index in [1.54, 1.807) is 0 Å². The summed E-state index contributed by atoms with van der Waals surface area (Å²) in [6.45, 7) is 5.82. The Labute approximate surface area is 72.1 Å². The van der Waals surface area contributed by atoms with Gasteiger partial charge in [-0.15, -0.1) is 0 Å². The van der Waals surface area contributed by atoms with Gasteiger partial charge in [0.1, 0.15) is 5.75 Å². The molecule has 3 nitrogen and oxygen atoms in total. The molecule has 0 aliphatic rings. The van der Waals surface area contributed by atoms with E-state index in [2.05, 4.69) is 4.98 Å². The van der Waals surface area contributed by atoms with E-state index in [0.29, 0.717) is 5.69 Å². The number of H-pyrrole nitrogens is 1. The number of aromatic amines is 1. The lowest BCUT2D eigenvalue weighted by Crippen LogP contribution is -2.17. The van der Waals surface area contributed by atoms with Crippen LogP contribution in [0.5, 0.6) is 5.75 Å². The van der Waals surface area contributed by atoms with Crippen LogP contribution in [0.15, 0.2) is 12.3 Å². The zero-order chi connectivity index (χ0) is 9.35. The first kappa shape index (κ1) is 9.13. The summed E-state index contributed by atoms with van der Waals surface area (Å²) in [5, 5.41) is 18.8.